The van der Waals surface area contributed by atoms with Crippen LogP contribution >= 0.6 is 58.2 Å². The molecule has 0 radical (unpaired) electrons. The van der Waals surface area contributed by atoms with Gasteiger partial charge in [0.1, 0.15) is 6.33 Å². The maximum Gasteiger partial charge on any atom is 0.274 e. The first-order chi connectivity index (χ1) is 16.9. The van der Waals surface area contributed by atoms with Gasteiger partial charge in [-0.2, -0.15) is 4.52 Å². The number of tetrazole rings is 1. The van der Waals surface area contributed by atoms with Crippen molar-refractivity contribution in [1.29, 1.82) is 0 Å². The number of halogens is 4. The fraction of sp³-hybridized carbons (Fsp3) is 0.0833. The monoisotopic (exact) mass is 648 g/mol. The van der Waals surface area contributed by atoms with E-state index < -0.39 is 4.87 Å². The lowest BCUT2D eigenvalue weighted by Crippen LogP contribution is -2.26. The van der Waals surface area contributed by atoms with Gasteiger partial charge in [-0.25, -0.2) is 4.98 Å². The van der Waals surface area contributed by atoms with Crippen LogP contribution in [0.3, 0.4) is 0 Å². The minimum absolute atomic E-state index is 0. The van der Waals surface area contributed by atoms with E-state index in [-0.39, 0.29) is 12.4 Å². The molecule has 0 aliphatic heterocycles. The Bertz CT molecular complexity index is 1720. The Morgan fingerprint density at radius 1 is 0.944 bits per heavy atom. The second kappa shape index (κ2) is 9.55. The summed E-state index contributed by atoms with van der Waals surface area (Å²) in [6, 6.07) is 21.5. The van der Waals surface area contributed by atoms with Gasteiger partial charge in [0.15, 0.2) is 10.7 Å². The zero-order valence-electron chi connectivity index (χ0n) is 18.5. The van der Waals surface area contributed by atoms with Gasteiger partial charge in [-0.1, -0.05) is 58.6 Å². The Morgan fingerprint density at radius 3 is 2.44 bits per heavy atom. The number of aryl methyl sites for hydroxylation is 1. The summed E-state index contributed by atoms with van der Waals surface area (Å²) >= 11 is 16.1. The maximum atomic E-state index is 7.52. The summed E-state index contributed by atoms with van der Waals surface area (Å²) < 4.78 is 4.54. The van der Waals surface area contributed by atoms with Crippen LogP contribution < -0.4 is 0 Å². The number of nitrogens with zero attached hydrogens (tertiary/aromatic N) is 8. The molecule has 180 valence electrons. The number of fused-ring (bicyclic) bond motifs is 3. The zero-order chi connectivity index (χ0) is 24.2. The van der Waals surface area contributed by atoms with Gasteiger partial charge in [0.25, 0.3) is 5.78 Å². The first-order valence-corrected chi connectivity index (χ1v) is 12.4. The van der Waals surface area contributed by atoms with Crippen LogP contribution in [0.4, 0.5) is 0 Å². The van der Waals surface area contributed by atoms with Gasteiger partial charge in [0.2, 0.25) is 0 Å². The Hall–Kier alpha value is -2.86. The predicted molar refractivity (Wildman–Crippen MR) is 150 cm³/mol. The van der Waals surface area contributed by atoms with Gasteiger partial charge in [-0.3, -0.25) is 0 Å². The smallest absolute Gasteiger partial charge is 0.274 e. The number of alkyl halides is 1. The molecule has 0 N–H and O–H groups in total. The van der Waals surface area contributed by atoms with E-state index in [1.54, 1.807) is 10.8 Å². The quantitative estimate of drug-likeness (QED) is 0.181. The first-order valence-electron chi connectivity index (χ1n) is 10.5. The summed E-state index contributed by atoms with van der Waals surface area (Å²) in [4.78, 5) is 3.65. The average molecular weight is 650 g/mol. The molecule has 12 heteroatoms. The molecule has 1 atom stereocenters. The summed E-state index contributed by atoms with van der Waals surface area (Å²) in [5.74, 6) is 0.990. The van der Waals surface area contributed by atoms with Crippen LogP contribution in [0.15, 0.2) is 73.1 Å². The molecule has 0 spiro atoms. The van der Waals surface area contributed by atoms with E-state index in [1.807, 2.05) is 78.3 Å². The lowest BCUT2D eigenvalue weighted by Gasteiger charge is -2.28. The van der Waals surface area contributed by atoms with Gasteiger partial charge in [-0.15, -0.1) is 22.6 Å². The van der Waals surface area contributed by atoms with Crippen LogP contribution in [-0.4, -0.2) is 39.8 Å². The lowest BCUT2D eigenvalue weighted by molar-refractivity contribution is 0.713. The van der Waals surface area contributed by atoms with Gasteiger partial charge >= 0.3 is 0 Å². The molecule has 3 aromatic heterocycles. The third-order valence-corrected chi connectivity index (χ3v) is 7.46. The van der Waals surface area contributed by atoms with E-state index in [0.717, 1.165) is 31.2 Å². The highest BCUT2D eigenvalue weighted by atomic mass is 127. The van der Waals surface area contributed by atoms with Crippen molar-refractivity contribution in [2.75, 3.05) is 0 Å². The minimum atomic E-state index is -1.11. The lowest BCUT2D eigenvalue weighted by atomic mass is 9.88. The molecule has 0 amide bonds. The molecule has 6 aromatic rings. The summed E-state index contributed by atoms with van der Waals surface area (Å²) in [5, 5.41) is 21.9. The molecule has 0 aliphatic carbocycles. The molecule has 3 aromatic carbocycles. The van der Waals surface area contributed by atoms with Crippen molar-refractivity contribution in [2.24, 2.45) is 7.05 Å². The van der Waals surface area contributed by atoms with Crippen LogP contribution in [0.25, 0.3) is 27.9 Å². The largest absolute Gasteiger partial charge is 0.319 e. The van der Waals surface area contributed by atoms with Crippen LogP contribution in [0.5, 0.6) is 0 Å². The number of benzene rings is 3. The molecule has 0 saturated heterocycles. The predicted octanol–water partition coefficient (Wildman–Crippen LogP) is 5.68. The van der Waals surface area contributed by atoms with E-state index in [4.69, 9.17) is 28.2 Å². The third kappa shape index (κ3) is 4.00. The summed E-state index contributed by atoms with van der Waals surface area (Å²) in [7, 11) is 1.88. The SMILES string of the molecule is Cl.Cn1cnnc1C(Cl)(c1ccc(I)cc1)c1ccc2c(c1)c(-c1cccc(Cl)c1)nc1nnnn12. The summed E-state index contributed by atoms with van der Waals surface area (Å²) in [6.45, 7) is 0. The van der Waals surface area contributed by atoms with E-state index >= 15 is 0 Å². The second-order valence-corrected chi connectivity index (χ2v) is 10.3. The zero-order valence-corrected chi connectivity index (χ0v) is 23.0. The van der Waals surface area contributed by atoms with Crippen LogP contribution in [-0.2, 0) is 11.9 Å². The topological polar surface area (TPSA) is 86.7 Å². The van der Waals surface area contributed by atoms with Crippen LogP contribution in [0, 0.1) is 3.57 Å². The fourth-order valence-corrected chi connectivity index (χ4v) is 5.21. The second-order valence-electron chi connectivity index (χ2n) is 8.02. The highest BCUT2D eigenvalue weighted by molar-refractivity contribution is 14.1. The summed E-state index contributed by atoms with van der Waals surface area (Å²) in [5.41, 5.74) is 4.01. The molecule has 8 nitrogen and oxygen atoms in total. The van der Waals surface area contributed by atoms with E-state index in [2.05, 4.69) is 48.3 Å². The van der Waals surface area contributed by atoms with Gasteiger partial charge in [0, 0.05) is 26.6 Å². The molecule has 0 saturated carbocycles. The van der Waals surface area contributed by atoms with Crippen molar-refractivity contribution in [3.63, 3.8) is 0 Å². The van der Waals surface area contributed by atoms with Crippen LogP contribution in [0.1, 0.15) is 17.0 Å². The first kappa shape index (κ1) is 24.8. The van der Waals surface area contributed by atoms with Gasteiger partial charge in [0.05, 0.1) is 11.2 Å². The highest BCUT2D eigenvalue weighted by Crippen LogP contribution is 2.43. The highest BCUT2D eigenvalue weighted by Gasteiger charge is 2.39. The number of rotatable bonds is 4. The van der Waals surface area contributed by atoms with Gasteiger partial charge in [-0.05, 0) is 80.5 Å². The average Bonchev–Trinajstić information content (AvgIpc) is 3.52. The van der Waals surface area contributed by atoms with E-state index in [0.29, 0.717) is 22.3 Å². The molecular weight excluding hydrogens is 634 g/mol. The summed E-state index contributed by atoms with van der Waals surface area (Å²) in [6.07, 6.45) is 1.64. The minimum Gasteiger partial charge on any atom is -0.319 e. The number of hydrogen-bond donors (Lipinski definition) is 0. The van der Waals surface area contributed by atoms with Crippen molar-refractivity contribution >= 4 is 74.9 Å². The maximum absolute atomic E-state index is 7.52. The molecule has 6 rings (SSSR count). The molecule has 0 bridgehead atoms. The fourth-order valence-electron chi connectivity index (χ4n) is 4.25. The standard InChI is InChI=1S/C24H15Cl2IN8.ClH/c1-34-13-28-30-22(34)24(26,15-5-8-18(27)9-6-15)16-7-10-20-19(12-16)21(14-3-2-4-17(25)11-14)29-23-31-32-33-35(20)23;/h2-13H,1H3;1H. The Balaban J connectivity index is 0.00000267. The molecule has 1 unspecified atom stereocenters. The van der Waals surface area contributed by atoms with Crippen molar-refractivity contribution < 1.29 is 0 Å². The third-order valence-electron chi connectivity index (χ3n) is 5.90. The van der Waals surface area contributed by atoms with Crippen molar-refractivity contribution in [3.8, 4) is 11.3 Å². The Kier molecular flexibility index (Phi) is 6.58. The molecule has 36 heavy (non-hydrogen) atoms. The molecule has 3 heterocycles. The molecule has 0 aliphatic rings. The Morgan fingerprint density at radius 2 is 1.72 bits per heavy atom. The van der Waals surface area contributed by atoms with Crippen molar-refractivity contribution in [1.82, 2.24) is 39.8 Å². The number of hydrogen-bond acceptors (Lipinski definition) is 6. The van der Waals surface area contributed by atoms with Crippen molar-refractivity contribution in [3.05, 3.63) is 98.6 Å². The molecular formula is C24H16Cl3IN8. The van der Waals surface area contributed by atoms with Crippen molar-refractivity contribution in [2.45, 2.75) is 4.87 Å². The Labute approximate surface area is 235 Å². The van der Waals surface area contributed by atoms with Gasteiger partial charge < -0.3 is 4.57 Å². The van der Waals surface area contributed by atoms with Crippen LogP contribution in [0.2, 0.25) is 5.02 Å². The van der Waals surface area contributed by atoms with E-state index in [9.17, 15) is 0 Å². The van der Waals surface area contributed by atoms with E-state index in [1.165, 1.54) is 0 Å². The molecule has 0 fully saturated rings. The normalized spacial score (nSPS) is 13.0. The number of aromatic nitrogens is 8.